The molecule has 1 fully saturated rings. The first-order valence-corrected chi connectivity index (χ1v) is 6.72. The SMILES string of the molecule is CN(Cc1ccc(F)cc1)C(=O)C1(C)CCNCC1. The van der Waals surface area contributed by atoms with Crippen LogP contribution in [0.1, 0.15) is 25.3 Å². The van der Waals surface area contributed by atoms with Gasteiger partial charge < -0.3 is 10.2 Å². The molecular formula is C15H21FN2O. The van der Waals surface area contributed by atoms with E-state index in [1.807, 2.05) is 14.0 Å². The van der Waals surface area contributed by atoms with Crippen LogP contribution in [0.15, 0.2) is 24.3 Å². The number of nitrogens with one attached hydrogen (secondary N) is 1. The highest BCUT2D eigenvalue weighted by Gasteiger charge is 2.36. The Labute approximate surface area is 113 Å². The molecule has 3 nitrogen and oxygen atoms in total. The Bertz CT molecular complexity index is 438. The van der Waals surface area contributed by atoms with Gasteiger partial charge in [-0.05, 0) is 43.6 Å². The molecule has 1 amide bonds. The molecule has 1 aromatic carbocycles. The zero-order valence-electron chi connectivity index (χ0n) is 11.6. The molecule has 4 heteroatoms. The fraction of sp³-hybridized carbons (Fsp3) is 0.533. The highest BCUT2D eigenvalue weighted by Crippen LogP contribution is 2.30. The number of carbonyl (C=O) groups is 1. The quantitative estimate of drug-likeness (QED) is 0.907. The average molecular weight is 264 g/mol. The summed E-state index contributed by atoms with van der Waals surface area (Å²) in [6, 6.07) is 6.31. The van der Waals surface area contributed by atoms with Crippen LogP contribution in [0.3, 0.4) is 0 Å². The summed E-state index contributed by atoms with van der Waals surface area (Å²) < 4.78 is 12.8. The number of hydrogen-bond acceptors (Lipinski definition) is 2. The average Bonchev–Trinajstić information content (AvgIpc) is 2.41. The minimum Gasteiger partial charge on any atom is -0.341 e. The topological polar surface area (TPSA) is 32.3 Å². The summed E-state index contributed by atoms with van der Waals surface area (Å²) in [6.45, 7) is 4.36. The number of halogens is 1. The van der Waals surface area contributed by atoms with Crippen LogP contribution < -0.4 is 5.32 Å². The Balaban J connectivity index is 2.00. The van der Waals surface area contributed by atoms with Gasteiger partial charge in [-0.3, -0.25) is 4.79 Å². The van der Waals surface area contributed by atoms with Crippen LogP contribution in [-0.2, 0) is 11.3 Å². The lowest BCUT2D eigenvalue weighted by Crippen LogP contribution is -2.46. The molecule has 0 radical (unpaired) electrons. The van der Waals surface area contributed by atoms with Crippen molar-refractivity contribution in [2.75, 3.05) is 20.1 Å². The van der Waals surface area contributed by atoms with E-state index in [9.17, 15) is 9.18 Å². The molecule has 0 spiro atoms. The Morgan fingerprint density at radius 1 is 1.32 bits per heavy atom. The molecule has 0 atom stereocenters. The van der Waals surface area contributed by atoms with E-state index >= 15 is 0 Å². The molecule has 0 aliphatic carbocycles. The Hall–Kier alpha value is -1.42. The molecule has 1 aliphatic heterocycles. The highest BCUT2D eigenvalue weighted by molar-refractivity contribution is 5.82. The summed E-state index contributed by atoms with van der Waals surface area (Å²) in [7, 11) is 1.82. The van der Waals surface area contributed by atoms with E-state index in [0.29, 0.717) is 6.54 Å². The first kappa shape index (κ1) is 14.0. The van der Waals surface area contributed by atoms with Gasteiger partial charge in [-0.1, -0.05) is 19.1 Å². The summed E-state index contributed by atoms with van der Waals surface area (Å²) in [4.78, 5) is 14.3. The first-order chi connectivity index (χ1) is 9.01. The largest absolute Gasteiger partial charge is 0.341 e. The van der Waals surface area contributed by atoms with Gasteiger partial charge in [-0.15, -0.1) is 0 Å². The van der Waals surface area contributed by atoms with Crippen molar-refractivity contribution in [3.63, 3.8) is 0 Å². The third-order valence-corrected chi connectivity index (χ3v) is 3.90. The van der Waals surface area contributed by atoms with Crippen molar-refractivity contribution in [3.8, 4) is 0 Å². The zero-order valence-corrected chi connectivity index (χ0v) is 11.6. The fourth-order valence-electron chi connectivity index (χ4n) is 2.59. The third-order valence-electron chi connectivity index (χ3n) is 3.90. The van der Waals surface area contributed by atoms with E-state index in [4.69, 9.17) is 0 Å². The van der Waals surface area contributed by atoms with Crippen molar-refractivity contribution >= 4 is 5.91 Å². The summed E-state index contributed by atoms with van der Waals surface area (Å²) in [5.41, 5.74) is 0.690. The molecule has 19 heavy (non-hydrogen) atoms. The van der Waals surface area contributed by atoms with Crippen LogP contribution in [0.25, 0.3) is 0 Å². The van der Waals surface area contributed by atoms with Crippen molar-refractivity contribution in [1.82, 2.24) is 10.2 Å². The van der Waals surface area contributed by atoms with Crippen LogP contribution in [0.4, 0.5) is 4.39 Å². The van der Waals surface area contributed by atoms with Gasteiger partial charge in [0.25, 0.3) is 0 Å². The second kappa shape index (κ2) is 5.70. The van der Waals surface area contributed by atoms with Crippen LogP contribution in [0.5, 0.6) is 0 Å². The smallest absolute Gasteiger partial charge is 0.228 e. The standard InChI is InChI=1S/C15H21FN2O/c1-15(7-9-17-10-8-15)14(19)18(2)11-12-3-5-13(16)6-4-12/h3-6,17H,7-11H2,1-2H3. The minimum absolute atomic E-state index is 0.179. The molecule has 0 unspecified atom stereocenters. The lowest BCUT2D eigenvalue weighted by Gasteiger charge is -2.36. The molecule has 2 rings (SSSR count). The van der Waals surface area contributed by atoms with Gasteiger partial charge in [-0.2, -0.15) is 0 Å². The summed E-state index contributed by atoms with van der Waals surface area (Å²) in [5.74, 6) is -0.0682. The fourth-order valence-corrected chi connectivity index (χ4v) is 2.59. The second-order valence-corrected chi connectivity index (χ2v) is 5.60. The third kappa shape index (κ3) is 3.32. The van der Waals surface area contributed by atoms with E-state index in [-0.39, 0.29) is 17.1 Å². The molecule has 1 aromatic rings. The van der Waals surface area contributed by atoms with Crippen LogP contribution in [0, 0.1) is 11.2 Å². The monoisotopic (exact) mass is 264 g/mol. The number of piperidine rings is 1. The van der Waals surface area contributed by atoms with Gasteiger partial charge in [-0.25, -0.2) is 4.39 Å². The first-order valence-electron chi connectivity index (χ1n) is 6.72. The Kier molecular flexibility index (Phi) is 4.20. The molecule has 0 saturated carbocycles. The number of amides is 1. The molecule has 1 saturated heterocycles. The molecule has 1 N–H and O–H groups in total. The van der Waals surface area contributed by atoms with Crippen LogP contribution in [-0.4, -0.2) is 30.9 Å². The summed E-state index contributed by atoms with van der Waals surface area (Å²) in [5, 5.41) is 3.28. The van der Waals surface area contributed by atoms with Crippen molar-refractivity contribution in [2.45, 2.75) is 26.3 Å². The summed E-state index contributed by atoms with van der Waals surface area (Å²) in [6.07, 6.45) is 1.75. The number of hydrogen-bond donors (Lipinski definition) is 1. The maximum absolute atomic E-state index is 12.8. The predicted molar refractivity (Wildman–Crippen MR) is 73.1 cm³/mol. The van der Waals surface area contributed by atoms with Crippen molar-refractivity contribution in [3.05, 3.63) is 35.6 Å². The van der Waals surface area contributed by atoms with E-state index in [1.165, 1.54) is 12.1 Å². The van der Waals surface area contributed by atoms with E-state index in [0.717, 1.165) is 31.5 Å². The molecule has 1 aliphatic rings. The van der Waals surface area contributed by atoms with E-state index in [2.05, 4.69) is 5.32 Å². The molecular weight excluding hydrogens is 243 g/mol. The number of nitrogens with zero attached hydrogens (tertiary/aromatic N) is 1. The van der Waals surface area contributed by atoms with Crippen molar-refractivity contribution < 1.29 is 9.18 Å². The molecule has 0 aromatic heterocycles. The van der Waals surface area contributed by atoms with Gasteiger partial charge in [0.2, 0.25) is 5.91 Å². The van der Waals surface area contributed by atoms with E-state index in [1.54, 1.807) is 17.0 Å². The molecule has 0 bridgehead atoms. The number of rotatable bonds is 3. The van der Waals surface area contributed by atoms with Gasteiger partial charge in [0.1, 0.15) is 5.82 Å². The van der Waals surface area contributed by atoms with Gasteiger partial charge in [0.05, 0.1) is 0 Å². The number of carbonyl (C=O) groups excluding carboxylic acids is 1. The lowest BCUT2D eigenvalue weighted by molar-refractivity contribution is -0.141. The second-order valence-electron chi connectivity index (χ2n) is 5.60. The zero-order chi connectivity index (χ0) is 13.9. The normalized spacial score (nSPS) is 18.1. The summed E-state index contributed by atoms with van der Waals surface area (Å²) >= 11 is 0. The van der Waals surface area contributed by atoms with Crippen molar-refractivity contribution in [2.24, 2.45) is 5.41 Å². The van der Waals surface area contributed by atoms with Gasteiger partial charge in [0.15, 0.2) is 0 Å². The van der Waals surface area contributed by atoms with Gasteiger partial charge in [0, 0.05) is 19.0 Å². The number of benzene rings is 1. The Morgan fingerprint density at radius 3 is 2.47 bits per heavy atom. The Morgan fingerprint density at radius 2 is 1.89 bits per heavy atom. The van der Waals surface area contributed by atoms with Crippen LogP contribution in [0.2, 0.25) is 0 Å². The maximum Gasteiger partial charge on any atom is 0.228 e. The van der Waals surface area contributed by atoms with Crippen LogP contribution >= 0.6 is 0 Å². The maximum atomic E-state index is 12.8. The van der Waals surface area contributed by atoms with Gasteiger partial charge >= 0.3 is 0 Å². The minimum atomic E-state index is -0.264. The highest BCUT2D eigenvalue weighted by atomic mass is 19.1. The predicted octanol–water partition coefficient (Wildman–Crippen LogP) is 2.17. The van der Waals surface area contributed by atoms with Crippen molar-refractivity contribution in [1.29, 1.82) is 0 Å². The van der Waals surface area contributed by atoms with E-state index < -0.39 is 0 Å². The lowest BCUT2D eigenvalue weighted by atomic mass is 9.79. The molecule has 1 heterocycles. The molecule has 104 valence electrons.